The number of carbonyl (C=O) groups is 1. The highest BCUT2D eigenvalue weighted by Gasteiger charge is 2.25. The number of ether oxygens (including phenoxy) is 1. The topological polar surface area (TPSA) is 46.5 Å². The number of unbranched alkanes of at least 4 members (excludes halogenated alkanes) is 1. The summed E-state index contributed by atoms with van der Waals surface area (Å²) >= 11 is 0. The fraction of sp³-hybridized carbons (Fsp3) is 0.611. The van der Waals surface area contributed by atoms with Crippen LogP contribution < -0.4 is 4.74 Å². The number of hydrogen-bond acceptors (Lipinski definition) is 2. The third kappa shape index (κ3) is 5.78. The zero-order valence-corrected chi connectivity index (χ0v) is 13.9. The summed E-state index contributed by atoms with van der Waals surface area (Å²) in [5.41, 5.74) is 0.726. The lowest BCUT2D eigenvalue weighted by molar-refractivity contribution is -0.147. The van der Waals surface area contributed by atoms with E-state index < -0.39 is 11.4 Å². The molecule has 1 rings (SSSR count). The molecule has 0 unspecified atom stereocenters. The maximum Gasteiger partial charge on any atom is 0.309 e. The Labute approximate surface area is 128 Å². The molecule has 0 saturated heterocycles. The van der Waals surface area contributed by atoms with Gasteiger partial charge in [0, 0.05) is 0 Å². The van der Waals surface area contributed by atoms with Crippen molar-refractivity contribution in [2.24, 2.45) is 5.41 Å². The molecule has 0 aromatic heterocycles. The van der Waals surface area contributed by atoms with Gasteiger partial charge in [0.2, 0.25) is 0 Å². The SMILES string of the molecule is CC(C)(CCCCOc1cccc(C(C)(C)C)c1)C(=O)O. The largest absolute Gasteiger partial charge is 0.494 e. The first-order valence-electron chi connectivity index (χ1n) is 7.60. The van der Waals surface area contributed by atoms with E-state index in [0.717, 1.165) is 18.6 Å². The molecular formula is C18H28O3. The maximum atomic E-state index is 11.0. The van der Waals surface area contributed by atoms with E-state index in [2.05, 4.69) is 32.9 Å². The molecule has 0 atom stereocenters. The van der Waals surface area contributed by atoms with Crippen LogP contribution in [0, 0.1) is 5.41 Å². The highest BCUT2D eigenvalue weighted by atomic mass is 16.5. The fourth-order valence-corrected chi connectivity index (χ4v) is 2.02. The van der Waals surface area contributed by atoms with Crippen molar-refractivity contribution in [2.45, 2.75) is 59.3 Å². The summed E-state index contributed by atoms with van der Waals surface area (Å²) < 4.78 is 5.77. The first-order valence-corrected chi connectivity index (χ1v) is 7.60. The third-order valence-corrected chi connectivity index (χ3v) is 3.74. The molecule has 0 fully saturated rings. The van der Waals surface area contributed by atoms with E-state index >= 15 is 0 Å². The lowest BCUT2D eigenvalue weighted by Crippen LogP contribution is -2.23. The molecule has 21 heavy (non-hydrogen) atoms. The molecule has 1 aromatic carbocycles. The highest BCUT2D eigenvalue weighted by molar-refractivity contribution is 5.73. The van der Waals surface area contributed by atoms with E-state index in [1.54, 1.807) is 13.8 Å². The summed E-state index contributed by atoms with van der Waals surface area (Å²) in [6.45, 7) is 10.7. The van der Waals surface area contributed by atoms with E-state index in [9.17, 15) is 4.79 Å². The van der Waals surface area contributed by atoms with Crippen LogP contribution in [0.25, 0.3) is 0 Å². The molecule has 0 aliphatic carbocycles. The monoisotopic (exact) mass is 292 g/mol. The first-order chi connectivity index (χ1) is 9.63. The molecule has 0 amide bonds. The van der Waals surface area contributed by atoms with Crippen LogP contribution in [0.1, 0.15) is 59.4 Å². The predicted molar refractivity (Wildman–Crippen MR) is 85.9 cm³/mol. The van der Waals surface area contributed by atoms with Crippen LogP contribution in [0.3, 0.4) is 0 Å². The smallest absolute Gasteiger partial charge is 0.309 e. The summed E-state index contributed by atoms with van der Waals surface area (Å²) in [7, 11) is 0. The molecule has 0 bridgehead atoms. The van der Waals surface area contributed by atoms with Crippen LogP contribution in [0.4, 0.5) is 0 Å². The predicted octanol–water partition coefficient (Wildman–Crippen LogP) is 4.64. The van der Waals surface area contributed by atoms with Gasteiger partial charge in [0.1, 0.15) is 5.75 Å². The molecule has 1 aromatic rings. The Hall–Kier alpha value is -1.51. The average molecular weight is 292 g/mol. The Morgan fingerprint density at radius 1 is 1.14 bits per heavy atom. The van der Waals surface area contributed by atoms with Gasteiger partial charge in [0.15, 0.2) is 0 Å². The van der Waals surface area contributed by atoms with Gasteiger partial charge in [-0.3, -0.25) is 4.79 Å². The Kier molecular flexibility index (Phi) is 5.82. The van der Waals surface area contributed by atoms with Crippen molar-refractivity contribution in [1.29, 1.82) is 0 Å². The summed E-state index contributed by atoms with van der Waals surface area (Å²) in [6.07, 6.45) is 2.41. The van der Waals surface area contributed by atoms with E-state index in [4.69, 9.17) is 9.84 Å². The van der Waals surface area contributed by atoms with Gasteiger partial charge >= 0.3 is 5.97 Å². The highest BCUT2D eigenvalue weighted by Crippen LogP contribution is 2.26. The molecule has 118 valence electrons. The molecular weight excluding hydrogens is 264 g/mol. The lowest BCUT2D eigenvalue weighted by Gasteiger charge is -2.20. The van der Waals surface area contributed by atoms with Gasteiger partial charge in [-0.15, -0.1) is 0 Å². The van der Waals surface area contributed by atoms with Crippen LogP contribution in [-0.2, 0) is 10.2 Å². The maximum absolute atomic E-state index is 11.0. The molecule has 0 spiro atoms. The van der Waals surface area contributed by atoms with Gasteiger partial charge in [0.05, 0.1) is 12.0 Å². The van der Waals surface area contributed by atoms with Crippen molar-refractivity contribution >= 4 is 5.97 Å². The van der Waals surface area contributed by atoms with E-state index in [1.807, 2.05) is 12.1 Å². The van der Waals surface area contributed by atoms with Gasteiger partial charge in [0.25, 0.3) is 0 Å². The molecule has 1 N–H and O–H groups in total. The molecule has 0 saturated carbocycles. The molecule has 0 radical (unpaired) electrons. The average Bonchev–Trinajstić information content (AvgIpc) is 2.37. The molecule has 0 heterocycles. The second-order valence-corrected chi connectivity index (χ2v) is 7.27. The normalized spacial score (nSPS) is 12.2. The van der Waals surface area contributed by atoms with Crippen molar-refractivity contribution in [3.05, 3.63) is 29.8 Å². The third-order valence-electron chi connectivity index (χ3n) is 3.74. The van der Waals surface area contributed by atoms with Gasteiger partial charge in [-0.2, -0.15) is 0 Å². The lowest BCUT2D eigenvalue weighted by atomic mass is 9.87. The second-order valence-electron chi connectivity index (χ2n) is 7.27. The van der Waals surface area contributed by atoms with Gasteiger partial charge < -0.3 is 9.84 Å². The minimum Gasteiger partial charge on any atom is -0.494 e. The zero-order valence-electron chi connectivity index (χ0n) is 13.9. The number of carboxylic acids is 1. The van der Waals surface area contributed by atoms with Crippen LogP contribution >= 0.6 is 0 Å². The summed E-state index contributed by atoms with van der Waals surface area (Å²) in [5, 5.41) is 9.05. The number of carboxylic acid groups (broad SMARTS) is 1. The van der Waals surface area contributed by atoms with Crippen molar-refractivity contribution < 1.29 is 14.6 Å². The molecule has 3 heteroatoms. The van der Waals surface area contributed by atoms with Crippen molar-refractivity contribution in [3.63, 3.8) is 0 Å². The second kappa shape index (κ2) is 6.97. The van der Waals surface area contributed by atoms with Crippen LogP contribution in [0.2, 0.25) is 0 Å². The molecule has 0 aliphatic heterocycles. The Balaban J connectivity index is 2.39. The summed E-state index contributed by atoms with van der Waals surface area (Å²) in [4.78, 5) is 11.0. The Bertz CT molecular complexity index is 470. The van der Waals surface area contributed by atoms with Crippen LogP contribution in [-0.4, -0.2) is 17.7 Å². The fourth-order valence-electron chi connectivity index (χ4n) is 2.02. The summed E-state index contributed by atoms with van der Waals surface area (Å²) in [6, 6.07) is 8.18. The van der Waals surface area contributed by atoms with E-state index in [1.165, 1.54) is 5.56 Å². The van der Waals surface area contributed by atoms with Crippen molar-refractivity contribution in [2.75, 3.05) is 6.61 Å². The number of aliphatic carboxylic acids is 1. The Morgan fingerprint density at radius 2 is 1.81 bits per heavy atom. The zero-order chi connectivity index (χ0) is 16.1. The number of benzene rings is 1. The van der Waals surface area contributed by atoms with E-state index in [-0.39, 0.29) is 5.41 Å². The van der Waals surface area contributed by atoms with E-state index in [0.29, 0.717) is 13.0 Å². The van der Waals surface area contributed by atoms with Gasteiger partial charge in [-0.05, 0) is 56.2 Å². The van der Waals surface area contributed by atoms with Crippen LogP contribution in [0.15, 0.2) is 24.3 Å². The quantitative estimate of drug-likeness (QED) is 0.744. The first kappa shape index (κ1) is 17.5. The molecule has 3 nitrogen and oxygen atoms in total. The minimum atomic E-state index is -0.735. The van der Waals surface area contributed by atoms with Gasteiger partial charge in [-0.1, -0.05) is 32.9 Å². The van der Waals surface area contributed by atoms with Crippen molar-refractivity contribution in [3.8, 4) is 5.75 Å². The number of hydrogen-bond donors (Lipinski definition) is 1. The minimum absolute atomic E-state index is 0.116. The van der Waals surface area contributed by atoms with Gasteiger partial charge in [-0.25, -0.2) is 0 Å². The Morgan fingerprint density at radius 3 is 2.38 bits per heavy atom. The standard InChI is InChI=1S/C18H28O3/c1-17(2,3)14-9-8-10-15(13-14)21-12-7-6-11-18(4,5)16(19)20/h8-10,13H,6-7,11-12H2,1-5H3,(H,19,20). The molecule has 0 aliphatic rings. The number of rotatable bonds is 7. The van der Waals surface area contributed by atoms with Crippen LogP contribution in [0.5, 0.6) is 5.75 Å². The summed E-state index contributed by atoms with van der Waals surface area (Å²) in [5.74, 6) is 0.154. The van der Waals surface area contributed by atoms with Crippen molar-refractivity contribution in [1.82, 2.24) is 0 Å².